The zero-order valence-electron chi connectivity index (χ0n) is 23.6. The highest BCUT2D eigenvalue weighted by Crippen LogP contribution is 2.34. The number of hydrogen-bond acceptors (Lipinski definition) is 6. The van der Waals surface area contributed by atoms with Crippen molar-refractivity contribution in [3.05, 3.63) is 76.0 Å². The molecule has 0 aromatic heterocycles. The molecule has 0 bridgehead atoms. The number of carbonyl (C=O) groups excluding carboxylic acids is 3. The fourth-order valence-electron chi connectivity index (χ4n) is 5.29. The van der Waals surface area contributed by atoms with E-state index in [0.29, 0.717) is 48.8 Å². The van der Waals surface area contributed by atoms with Gasteiger partial charge < -0.3 is 19.7 Å². The third-order valence-corrected chi connectivity index (χ3v) is 7.50. The fourth-order valence-corrected chi connectivity index (χ4v) is 5.29. The van der Waals surface area contributed by atoms with Crippen molar-refractivity contribution in [1.29, 1.82) is 0 Å². The molecule has 2 aromatic rings. The molecule has 2 aliphatic heterocycles. The number of aryl methyl sites for hydroxylation is 2. The van der Waals surface area contributed by atoms with Crippen molar-refractivity contribution in [1.82, 2.24) is 20.0 Å². The maximum Gasteiger partial charge on any atom is 0.338 e. The van der Waals surface area contributed by atoms with Gasteiger partial charge in [0.25, 0.3) is 5.91 Å². The van der Waals surface area contributed by atoms with Gasteiger partial charge in [-0.2, -0.15) is 0 Å². The molecule has 2 aromatic carbocycles. The van der Waals surface area contributed by atoms with Crippen LogP contribution in [0.3, 0.4) is 0 Å². The largest absolute Gasteiger partial charge is 0.497 e. The minimum Gasteiger partial charge on any atom is -0.497 e. The van der Waals surface area contributed by atoms with Crippen LogP contribution in [-0.4, -0.2) is 85.6 Å². The van der Waals surface area contributed by atoms with Crippen molar-refractivity contribution < 1.29 is 23.9 Å². The first-order valence-electron chi connectivity index (χ1n) is 13.3. The zero-order chi connectivity index (χ0) is 28.3. The average Bonchev–Trinajstić information content (AvgIpc) is 2.92. The summed E-state index contributed by atoms with van der Waals surface area (Å²) in [6.45, 7) is 10.1. The number of urea groups is 1. The topological polar surface area (TPSA) is 91.4 Å². The maximum atomic E-state index is 13.4. The summed E-state index contributed by atoms with van der Waals surface area (Å²) in [7, 11) is 3.27. The van der Waals surface area contributed by atoms with Crippen LogP contribution < -0.4 is 10.1 Å². The number of methoxy groups -OCH3 is 1. The minimum absolute atomic E-state index is 0.0274. The third-order valence-electron chi connectivity index (χ3n) is 7.50. The second kappa shape index (κ2) is 11.9. The Bertz CT molecular complexity index is 1270. The molecule has 9 heteroatoms. The molecule has 0 aliphatic carbocycles. The highest BCUT2D eigenvalue weighted by atomic mass is 16.5. The Morgan fingerprint density at radius 2 is 1.79 bits per heavy atom. The number of nitrogens with zero attached hydrogens (tertiary/aromatic N) is 3. The second-order valence-electron chi connectivity index (χ2n) is 10.2. The summed E-state index contributed by atoms with van der Waals surface area (Å²) in [6.07, 6.45) is 0. The molecule has 1 fully saturated rings. The standard InChI is InChI=1S/C30H38N4O5/c1-7-39-29(36)26-25(32(5)30(37)31-27(26)24-16-19(2)8-9-20(24)3)18-33-14-15-34(21(4)17-33)28(35)22-10-12-23(38-6)13-11-22/h8-13,16,21,27H,7,14-15,17-18H2,1-6H3,(H,31,37)/t21-,27+/m1/s1. The molecule has 2 atom stereocenters. The SMILES string of the molecule is CCOC(=O)C1=C(CN2CCN(C(=O)c3ccc(OC)cc3)[C@H](C)C2)N(C)C(=O)N[C@H]1c1cc(C)ccc1C. The summed E-state index contributed by atoms with van der Waals surface area (Å²) < 4.78 is 10.7. The van der Waals surface area contributed by atoms with Gasteiger partial charge in [0.05, 0.1) is 25.3 Å². The number of esters is 1. The van der Waals surface area contributed by atoms with Gasteiger partial charge in [0.15, 0.2) is 0 Å². The van der Waals surface area contributed by atoms with E-state index in [1.807, 2.05) is 43.9 Å². The Morgan fingerprint density at radius 1 is 1.08 bits per heavy atom. The van der Waals surface area contributed by atoms with Gasteiger partial charge in [-0.3, -0.25) is 14.6 Å². The van der Waals surface area contributed by atoms with Gasteiger partial charge in [0.1, 0.15) is 5.75 Å². The van der Waals surface area contributed by atoms with Crippen molar-refractivity contribution in [2.75, 3.05) is 46.9 Å². The minimum atomic E-state index is -0.613. The molecule has 1 saturated heterocycles. The van der Waals surface area contributed by atoms with Crippen molar-refractivity contribution in [3.63, 3.8) is 0 Å². The van der Waals surface area contributed by atoms with Crippen LogP contribution in [0.25, 0.3) is 0 Å². The Labute approximate surface area is 230 Å². The molecule has 39 heavy (non-hydrogen) atoms. The van der Waals surface area contributed by atoms with E-state index >= 15 is 0 Å². The predicted octanol–water partition coefficient (Wildman–Crippen LogP) is 3.67. The average molecular weight is 535 g/mol. The van der Waals surface area contributed by atoms with Crippen LogP contribution in [0.5, 0.6) is 5.75 Å². The summed E-state index contributed by atoms with van der Waals surface area (Å²) in [5, 5.41) is 3.01. The van der Waals surface area contributed by atoms with Gasteiger partial charge in [-0.05, 0) is 63.1 Å². The van der Waals surface area contributed by atoms with E-state index in [0.717, 1.165) is 16.7 Å². The van der Waals surface area contributed by atoms with Gasteiger partial charge in [0.2, 0.25) is 0 Å². The Hall–Kier alpha value is -3.85. The lowest BCUT2D eigenvalue weighted by Gasteiger charge is -2.42. The first kappa shape index (κ1) is 28.2. The molecule has 0 spiro atoms. The maximum absolute atomic E-state index is 13.4. The highest BCUT2D eigenvalue weighted by Gasteiger charge is 2.39. The van der Waals surface area contributed by atoms with Crippen LogP contribution >= 0.6 is 0 Å². The molecule has 1 N–H and O–H groups in total. The molecular formula is C30H38N4O5. The van der Waals surface area contributed by atoms with Crippen LogP contribution in [0.15, 0.2) is 53.7 Å². The van der Waals surface area contributed by atoms with Gasteiger partial charge in [-0.1, -0.05) is 23.8 Å². The lowest BCUT2D eigenvalue weighted by atomic mass is 9.90. The second-order valence-corrected chi connectivity index (χ2v) is 10.2. The number of likely N-dealkylation sites (N-methyl/N-ethyl adjacent to an activating group) is 1. The number of benzene rings is 2. The molecular weight excluding hydrogens is 496 g/mol. The van der Waals surface area contributed by atoms with Crippen molar-refractivity contribution in [2.24, 2.45) is 0 Å². The van der Waals surface area contributed by atoms with E-state index in [9.17, 15) is 14.4 Å². The van der Waals surface area contributed by atoms with Crippen LogP contribution in [-0.2, 0) is 9.53 Å². The number of rotatable bonds is 7. The summed E-state index contributed by atoms with van der Waals surface area (Å²) in [4.78, 5) is 45.2. The molecule has 0 unspecified atom stereocenters. The van der Waals surface area contributed by atoms with Crippen LogP contribution in [0.1, 0.15) is 46.9 Å². The monoisotopic (exact) mass is 534 g/mol. The number of amides is 3. The van der Waals surface area contributed by atoms with E-state index in [2.05, 4.69) is 10.2 Å². The smallest absolute Gasteiger partial charge is 0.338 e. The third kappa shape index (κ3) is 5.93. The van der Waals surface area contributed by atoms with Gasteiger partial charge in [0, 0.05) is 50.5 Å². The quantitative estimate of drug-likeness (QED) is 0.545. The van der Waals surface area contributed by atoms with E-state index in [1.54, 1.807) is 45.3 Å². The molecule has 4 rings (SSSR count). The van der Waals surface area contributed by atoms with E-state index in [-0.39, 0.29) is 24.6 Å². The number of hydrogen-bond donors (Lipinski definition) is 1. The lowest BCUT2D eigenvalue weighted by Crippen LogP contribution is -2.56. The Kier molecular flexibility index (Phi) is 8.60. The highest BCUT2D eigenvalue weighted by molar-refractivity contribution is 5.96. The summed E-state index contributed by atoms with van der Waals surface area (Å²) in [5.41, 5.74) is 4.57. The molecule has 9 nitrogen and oxygen atoms in total. The van der Waals surface area contributed by atoms with Crippen LogP contribution in [0, 0.1) is 13.8 Å². The Morgan fingerprint density at radius 3 is 2.44 bits per heavy atom. The number of piperazine rings is 1. The van der Waals surface area contributed by atoms with Gasteiger partial charge in [-0.15, -0.1) is 0 Å². The van der Waals surface area contributed by atoms with Crippen molar-refractivity contribution in [3.8, 4) is 5.75 Å². The summed E-state index contributed by atoms with van der Waals surface area (Å²) in [5.74, 6) is 0.238. The van der Waals surface area contributed by atoms with Crippen LogP contribution in [0.2, 0.25) is 0 Å². The summed E-state index contributed by atoms with van der Waals surface area (Å²) >= 11 is 0. The first-order valence-corrected chi connectivity index (χ1v) is 13.3. The number of ether oxygens (including phenoxy) is 2. The zero-order valence-corrected chi connectivity index (χ0v) is 23.6. The lowest BCUT2D eigenvalue weighted by molar-refractivity contribution is -0.139. The normalized spacial score (nSPS) is 20.1. The molecule has 0 radical (unpaired) electrons. The predicted molar refractivity (Wildman–Crippen MR) is 149 cm³/mol. The van der Waals surface area contributed by atoms with Crippen molar-refractivity contribution in [2.45, 2.75) is 39.8 Å². The molecule has 3 amide bonds. The fraction of sp³-hybridized carbons (Fsp3) is 0.433. The molecule has 0 saturated carbocycles. The molecule has 2 aliphatic rings. The molecule has 208 valence electrons. The summed E-state index contributed by atoms with van der Waals surface area (Å²) in [6, 6.07) is 12.2. The number of carbonyl (C=O) groups is 3. The van der Waals surface area contributed by atoms with E-state index in [4.69, 9.17) is 9.47 Å². The van der Waals surface area contributed by atoms with Gasteiger partial charge >= 0.3 is 12.0 Å². The van der Waals surface area contributed by atoms with Gasteiger partial charge in [-0.25, -0.2) is 9.59 Å². The van der Waals surface area contributed by atoms with E-state index < -0.39 is 12.0 Å². The first-order chi connectivity index (χ1) is 18.6. The number of nitrogens with one attached hydrogen (secondary N) is 1. The Balaban J connectivity index is 1.60. The van der Waals surface area contributed by atoms with Crippen LogP contribution in [0.4, 0.5) is 4.79 Å². The van der Waals surface area contributed by atoms with E-state index in [1.165, 1.54) is 4.90 Å². The van der Waals surface area contributed by atoms with Crippen molar-refractivity contribution >= 4 is 17.9 Å². The molecule has 2 heterocycles.